The number of hydrogen-bond acceptors (Lipinski definition) is 4. The molecule has 1 aromatic heterocycles. The molecule has 1 unspecified atom stereocenters. The van der Waals surface area contributed by atoms with Crippen molar-refractivity contribution in [1.82, 2.24) is 10.2 Å². The van der Waals surface area contributed by atoms with Crippen LogP contribution in [0.5, 0.6) is 0 Å². The topological polar surface area (TPSA) is 54.7 Å². The molecule has 1 amide bonds. The van der Waals surface area contributed by atoms with Gasteiger partial charge < -0.3 is 14.5 Å². The first-order valence-corrected chi connectivity index (χ1v) is 9.80. The first-order valence-electron chi connectivity index (χ1n) is 9.43. The lowest BCUT2D eigenvalue weighted by Gasteiger charge is -2.33. The van der Waals surface area contributed by atoms with Crippen molar-refractivity contribution < 1.29 is 13.9 Å². The van der Waals surface area contributed by atoms with Crippen molar-refractivity contribution in [3.63, 3.8) is 0 Å². The summed E-state index contributed by atoms with van der Waals surface area (Å²) in [5, 5.41) is 3.81. The number of morpholine rings is 1. The molecule has 1 saturated heterocycles. The molecule has 1 atom stereocenters. The lowest BCUT2D eigenvalue weighted by Crippen LogP contribution is -2.43. The van der Waals surface area contributed by atoms with Crippen molar-refractivity contribution in [3.05, 3.63) is 58.0 Å². The van der Waals surface area contributed by atoms with Crippen LogP contribution in [-0.2, 0) is 16.0 Å². The number of furan rings is 1. The summed E-state index contributed by atoms with van der Waals surface area (Å²) >= 11 is 6.16. The Bertz CT molecular complexity index is 769. The molecule has 1 fully saturated rings. The van der Waals surface area contributed by atoms with Gasteiger partial charge in [-0.25, -0.2) is 0 Å². The fourth-order valence-electron chi connectivity index (χ4n) is 3.28. The van der Waals surface area contributed by atoms with Crippen molar-refractivity contribution in [2.24, 2.45) is 0 Å². The molecule has 5 nitrogen and oxygen atoms in total. The van der Waals surface area contributed by atoms with Crippen LogP contribution in [-0.4, -0.2) is 43.7 Å². The number of rotatable bonds is 7. The third-order valence-electron chi connectivity index (χ3n) is 4.95. The van der Waals surface area contributed by atoms with E-state index in [0.717, 1.165) is 40.8 Å². The van der Waals surface area contributed by atoms with E-state index in [2.05, 4.69) is 10.2 Å². The van der Waals surface area contributed by atoms with Gasteiger partial charge in [0.1, 0.15) is 11.5 Å². The highest BCUT2D eigenvalue weighted by atomic mass is 35.5. The van der Waals surface area contributed by atoms with Crippen LogP contribution in [0, 0.1) is 13.8 Å². The van der Waals surface area contributed by atoms with Gasteiger partial charge in [-0.1, -0.05) is 23.7 Å². The summed E-state index contributed by atoms with van der Waals surface area (Å²) in [6.45, 7) is 7.52. The van der Waals surface area contributed by atoms with Crippen molar-refractivity contribution >= 4 is 17.5 Å². The Kier molecular flexibility index (Phi) is 6.94. The molecule has 2 aromatic rings. The average molecular weight is 391 g/mol. The summed E-state index contributed by atoms with van der Waals surface area (Å²) in [5.74, 6) is 1.80. The van der Waals surface area contributed by atoms with Gasteiger partial charge in [0.05, 0.1) is 19.3 Å². The Balaban J connectivity index is 1.55. The zero-order valence-electron chi connectivity index (χ0n) is 16.0. The predicted molar refractivity (Wildman–Crippen MR) is 106 cm³/mol. The second kappa shape index (κ2) is 9.40. The van der Waals surface area contributed by atoms with Crippen LogP contribution in [0.15, 0.2) is 34.7 Å². The van der Waals surface area contributed by atoms with Crippen LogP contribution in [0.1, 0.15) is 35.1 Å². The molecule has 1 N–H and O–H groups in total. The van der Waals surface area contributed by atoms with E-state index < -0.39 is 0 Å². The van der Waals surface area contributed by atoms with Gasteiger partial charge in [-0.15, -0.1) is 0 Å². The molecule has 1 aromatic carbocycles. The molecular weight excluding hydrogens is 364 g/mol. The molecule has 0 bridgehead atoms. The number of nitrogens with one attached hydrogen (secondary N) is 1. The van der Waals surface area contributed by atoms with Gasteiger partial charge in [-0.2, -0.15) is 0 Å². The average Bonchev–Trinajstić information content (AvgIpc) is 3.10. The Morgan fingerprint density at radius 2 is 2.00 bits per heavy atom. The lowest BCUT2D eigenvalue weighted by atomic mass is 10.1. The largest absolute Gasteiger partial charge is 0.465 e. The maximum atomic E-state index is 12.4. The Labute approximate surface area is 165 Å². The Hall–Kier alpha value is -1.82. The standard InChI is InChI=1S/C21H27ClN2O3/c1-15-3-5-17(13-18(15)22)6-8-21(25)23-14-19(20-7-4-16(2)27-20)24-9-11-26-12-10-24/h3-5,7,13,19H,6,8-12,14H2,1-2H3,(H,23,25). The number of nitrogens with zero attached hydrogens (tertiary/aromatic N) is 1. The molecule has 2 heterocycles. The predicted octanol–water partition coefficient (Wildman–Crippen LogP) is 3.67. The summed E-state index contributed by atoms with van der Waals surface area (Å²) < 4.78 is 11.3. The number of carbonyl (C=O) groups excluding carboxylic acids is 1. The molecule has 27 heavy (non-hydrogen) atoms. The van der Waals surface area contributed by atoms with Crippen LogP contribution in [0.4, 0.5) is 0 Å². The maximum absolute atomic E-state index is 12.4. The number of carbonyl (C=O) groups is 1. The van der Waals surface area contributed by atoms with Gasteiger partial charge in [0, 0.05) is 31.1 Å². The second-order valence-electron chi connectivity index (χ2n) is 7.00. The fourth-order valence-corrected chi connectivity index (χ4v) is 3.48. The molecule has 0 saturated carbocycles. The van der Waals surface area contributed by atoms with Gasteiger partial charge in [0.15, 0.2) is 0 Å². The molecule has 1 aliphatic heterocycles. The van der Waals surface area contributed by atoms with E-state index in [0.29, 0.717) is 32.6 Å². The van der Waals surface area contributed by atoms with E-state index in [1.165, 1.54) is 0 Å². The van der Waals surface area contributed by atoms with E-state index in [-0.39, 0.29) is 11.9 Å². The number of aryl methyl sites for hydroxylation is 3. The zero-order valence-corrected chi connectivity index (χ0v) is 16.7. The minimum Gasteiger partial charge on any atom is -0.465 e. The monoisotopic (exact) mass is 390 g/mol. The second-order valence-corrected chi connectivity index (χ2v) is 7.41. The smallest absolute Gasteiger partial charge is 0.220 e. The van der Waals surface area contributed by atoms with Crippen molar-refractivity contribution in [2.75, 3.05) is 32.8 Å². The van der Waals surface area contributed by atoms with Gasteiger partial charge in [-0.05, 0) is 49.6 Å². The highest BCUT2D eigenvalue weighted by Crippen LogP contribution is 2.23. The van der Waals surface area contributed by atoms with Gasteiger partial charge >= 0.3 is 0 Å². The van der Waals surface area contributed by atoms with Crippen molar-refractivity contribution in [1.29, 1.82) is 0 Å². The summed E-state index contributed by atoms with van der Waals surface area (Å²) in [7, 11) is 0. The third kappa shape index (κ3) is 5.58. The number of amides is 1. The first-order chi connectivity index (χ1) is 13.0. The first kappa shape index (κ1) is 19.9. The van der Waals surface area contributed by atoms with Crippen molar-refractivity contribution in [2.45, 2.75) is 32.7 Å². The highest BCUT2D eigenvalue weighted by Gasteiger charge is 2.25. The quantitative estimate of drug-likeness (QED) is 0.783. The maximum Gasteiger partial charge on any atom is 0.220 e. The molecular formula is C21H27ClN2O3. The molecule has 6 heteroatoms. The van der Waals surface area contributed by atoms with Gasteiger partial charge in [0.2, 0.25) is 5.91 Å². The molecule has 0 spiro atoms. The number of hydrogen-bond donors (Lipinski definition) is 1. The Morgan fingerprint density at radius 1 is 1.22 bits per heavy atom. The minimum absolute atomic E-state index is 0.0281. The van der Waals surface area contributed by atoms with E-state index in [1.807, 2.05) is 44.2 Å². The SMILES string of the molecule is Cc1ccc(C(CNC(=O)CCc2ccc(C)c(Cl)c2)N2CCOCC2)o1. The Morgan fingerprint density at radius 3 is 2.67 bits per heavy atom. The summed E-state index contributed by atoms with van der Waals surface area (Å²) in [4.78, 5) is 14.7. The molecule has 0 radical (unpaired) electrons. The van der Waals surface area contributed by atoms with Crippen LogP contribution in [0.2, 0.25) is 5.02 Å². The number of halogens is 1. The zero-order chi connectivity index (χ0) is 19.2. The van der Waals surface area contributed by atoms with E-state index in [9.17, 15) is 4.79 Å². The van der Waals surface area contributed by atoms with Crippen LogP contribution in [0.25, 0.3) is 0 Å². The van der Waals surface area contributed by atoms with Gasteiger partial charge in [0.25, 0.3) is 0 Å². The van der Waals surface area contributed by atoms with E-state index >= 15 is 0 Å². The molecule has 0 aliphatic carbocycles. The van der Waals surface area contributed by atoms with Gasteiger partial charge in [-0.3, -0.25) is 9.69 Å². The normalized spacial score (nSPS) is 16.3. The van der Waals surface area contributed by atoms with Crippen LogP contribution >= 0.6 is 11.6 Å². The summed E-state index contributed by atoms with van der Waals surface area (Å²) in [6.07, 6.45) is 1.11. The molecule has 146 valence electrons. The third-order valence-corrected chi connectivity index (χ3v) is 5.35. The van der Waals surface area contributed by atoms with Crippen LogP contribution < -0.4 is 5.32 Å². The molecule has 3 rings (SSSR count). The fraction of sp³-hybridized carbons (Fsp3) is 0.476. The lowest BCUT2D eigenvalue weighted by molar-refractivity contribution is -0.121. The number of benzene rings is 1. The minimum atomic E-state index is 0.0281. The van der Waals surface area contributed by atoms with Crippen molar-refractivity contribution in [3.8, 4) is 0 Å². The van der Waals surface area contributed by atoms with Crippen LogP contribution in [0.3, 0.4) is 0 Å². The summed E-state index contributed by atoms with van der Waals surface area (Å²) in [5.41, 5.74) is 2.12. The highest BCUT2D eigenvalue weighted by molar-refractivity contribution is 6.31. The summed E-state index contributed by atoms with van der Waals surface area (Å²) in [6, 6.07) is 9.94. The number of ether oxygens (including phenoxy) is 1. The molecule has 1 aliphatic rings. The van der Waals surface area contributed by atoms with E-state index in [4.69, 9.17) is 20.8 Å². The van der Waals surface area contributed by atoms with E-state index in [1.54, 1.807) is 0 Å².